The van der Waals surface area contributed by atoms with E-state index in [1.165, 1.54) is 21.9 Å². The Bertz CT molecular complexity index is 2200. The van der Waals surface area contributed by atoms with Gasteiger partial charge in [-0.05, 0) is 70.6 Å². The summed E-state index contributed by atoms with van der Waals surface area (Å²) in [6.45, 7) is 0. The van der Waals surface area contributed by atoms with Crippen LogP contribution in [0.25, 0.3) is 55.6 Å². The maximum Gasteiger partial charge on any atom is 0.227 e. The van der Waals surface area contributed by atoms with Crippen LogP contribution >= 0.6 is 0 Å². The molecule has 8 aromatic rings. The Labute approximate surface area is 256 Å². The third-order valence-electron chi connectivity index (χ3n) is 8.12. The first kappa shape index (κ1) is 25.8. The summed E-state index contributed by atoms with van der Waals surface area (Å²) in [6.07, 6.45) is 0. The fraction of sp³-hybridized carbons (Fsp3) is 0. The highest BCUT2D eigenvalue weighted by Crippen LogP contribution is 2.41. The predicted octanol–water partition coefficient (Wildman–Crippen LogP) is 11.5. The smallest absolute Gasteiger partial charge is 0.227 e. The second-order valence-corrected chi connectivity index (χ2v) is 10.8. The fourth-order valence-corrected chi connectivity index (χ4v) is 5.94. The molecule has 0 amide bonds. The van der Waals surface area contributed by atoms with Crippen LogP contribution in [0.4, 0.5) is 17.1 Å². The molecule has 0 fully saturated rings. The van der Waals surface area contributed by atoms with E-state index in [2.05, 4.69) is 132 Å². The summed E-state index contributed by atoms with van der Waals surface area (Å²) in [4.78, 5) is 7.24. The number of nitrogens with zero attached hydrogens (tertiary/aromatic N) is 2. The quantitative estimate of drug-likeness (QED) is 0.201. The fourth-order valence-electron chi connectivity index (χ4n) is 5.94. The van der Waals surface area contributed by atoms with Gasteiger partial charge < -0.3 is 9.32 Å². The Hall–Kier alpha value is -5.93. The van der Waals surface area contributed by atoms with Crippen molar-refractivity contribution < 1.29 is 4.42 Å². The molecule has 0 aliphatic rings. The molecule has 0 saturated carbocycles. The van der Waals surface area contributed by atoms with Gasteiger partial charge in [0.25, 0.3) is 0 Å². The van der Waals surface area contributed by atoms with Gasteiger partial charge in [-0.2, -0.15) is 0 Å². The second-order valence-electron chi connectivity index (χ2n) is 10.8. The molecule has 0 radical (unpaired) electrons. The summed E-state index contributed by atoms with van der Waals surface area (Å²) in [6, 6.07) is 59.3. The topological polar surface area (TPSA) is 29.3 Å². The van der Waals surface area contributed by atoms with Crippen molar-refractivity contribution in [3.8, 4) is 33.7 Å². The number of benzene rings is 7. The van der Waals surface area contributed by atoms with Gasteiger partial charge in [-0.15, -0.1) is 0 Å². The highest BCUT2D eigenvalue weighted by Gasteiger charge is 2.17. The molecule has 44 heavy (non-hydrogen) atoms. The minimum Gasteiger partial charge on any atom is -0.436 e. The van der Waals surface area contributed by atoms with E-state index >= 15 is 0 Å². The normalized spacial score (nSPS) is 11.2. The minimum atomic E-state index is 0.630. The maximum atomic E-state index is 6.16. The number of para-hydroxylation sites is 1. The molecular weight excluding hydrogens is 536 g/mol. The first-order valence-electron chi connectivity index (χ1n) is 14.8. The summed E-state index contributed by atoms with van der Waals surface area (Å²) in [5.41, 5.74) is 10.4. The number of fused-ring (bicyclic) bond motifs is 2. The van der Waals surface area contributed by atoms with E-state index in [0.29, 0.717) is 5.89 Å². The number of anilines is 3. The summed E-state index contributed by atoms with van der Waals surface area (Å²) in [5.74, 6) is 0.630. The predicted molar refractivity (Wildman–Crippen MR) is 183 cm³/mol. The van der Waals surface area contributed by atoms with E-state index in [-0.39, 0.29) is 0 Å². The van der Waals surface area contributed by atoms with Crippen molar-refractivity contribution in [1.82, 2.24) is 4.98 Å². The van der Waals surface area contributed by atoms with Gasteiger partial charge in [0.15, 0.2) is 5.58 Å². The Morgan fingerprint density at radius 3 is 1.73 bits per heavy atom. The average Bonchev–Trinajstić information content (AvgIpc) is 3.55. The molecule has 0 unspecified atom stereocenters. The van der Waals surface area contributed by atoms with Crippen molar-refractivity contribution in [3.63, 3.8) is 0 Å². The molecule has 208 valence electrons. The summed E-state index contributed by atoms with van der Waals surface area (Å²) in [7, 11) is 0. The monoisotopic (exact) mass is 564 g/mol. The first-order valence-corrected chi connectivity index (χ1v) is 14.8. The minimum absolute atomic E-state index is 0.630. The molecule has 8 rings (SSSR count). The van der Waals surface area contributed by atoms with E-state index < -0.39 is 0 Å². The molecule has 0 N–H and O–H groups in total. The van der Waals surface area contributed by atoms with Crippen LogP contribution in [0.2, 0.25) is 0 Å². The van der Waals surface area contributed by atoms with Crippen molar-refractivity contribution in [3.05, 3.63) is 170 Å². The Morgan fingerprint density at radius 2 is 1.00 bits per heavy atom. The second kappa shape index (κ2) is 11.0. The number of hydrogen-bond donors (Lipinski definition) is 0. The lowest BCUT2D eigenvalue weighted by Crippen LogP contribution is -2.10. The molecule has 1 aromatic heterocycles. The molecule has 0 spiro atoms. The van der Waals surface area contributed by atoms with Gasteiger partial charge in [-0.3, -0.25) is 0 Å². The van der Waals surface area contributed by atoms with Crippen LogP contribution in [0.3, 0.4) is 0 Å². The van der Waals surface area contributed by atoms with Crippen LogP contribution in [0.15, 0.2) is 174 Å². The van der Waals surface area contributed by atoms with Crippen LogP contribution in [0, 0.1) is 0 Å². The van der Waals surface area contributed by atoms with Crippen LogP contribution in [0.1, 0.15) is 0 Å². The van der Waals surface area contributed by atoms with Crippen LogP contribution in [-0.4, -0.2) is 4.98 Å². The first-order chi connectivity index (χ1) is 21.8. The Balaban J connectivity index is 1.22. The van der Waals surface area contributed by atoms with Crippen LogP contribution in [-0.2, 0) is 0 Å². The molecule has 0 aliphatic heterocycles. The summed E-state index contributed by atoms with van der Waals surface area (Å²) < 4.78 is 6.16. The number of hydrogen-bond acceptors (Lipinski definition) is 3. The molecule has 0 aliphatic carbocycles. The van der Waals surface area contributed by atoms with Gasteiger partial charge in [0, 0.05) is 27.9 Å². The molecule has 7 aromatic carbocycles. The van der Waals surface area contributed by atoms with E-state index in [1.807, 2.05) is 42.5 Å². The summed E-state index contributed by atoms with van der Waals surface area (Å²) in [5, 5.41) is 2.41. The number of rotatable bonds is 6. The lowest BCUT2D eigenvalue weighted by atomic mass is 10.0. The number of oxazole rings is 1. The van der Waals surface area contributed by atoms with Gasteiger partial charge >= 0.3 is 0 Å². The molecule has 0 atom stereocenters. The lowest BCUT2D eigenvalue weighted by molar-refractivity contribution is 0.620. The Morgan fingerprint density at radius 1 is 0.432 bits per heavy atom. The average molecular weight is 565 g/mol. The van der Waals surface area contributed by atoms with Gasteiger partial charge in [-0.25, -0.2) is 4.98 Å². The van der Waals surface area contributed by atoms with Crippen molar-refractivity contribution >= 4 is 38.9 Å². The molecule has 0 saturated heterocycles. The van der Waals surface area contributed by atoms with Gasteiger partial charge in [0.05, 0.1) is 5.69 Å². The zero-order valence-electron chi connectivity index (χ0n) is 24.0. The largest absolute Gasteiger partial charge is 0.436 e. The number of aromatic nitrogens is 1. The molecule has 0 bridgehead atoms. The van der Waals surface area contributed by atoms with Crippen molar-refractivity contribution in [1.29, 1.82) is 0 Å². The maximum absolute atomic E-state index is 6.16. The molecule has 3 heteroatoms. The third-order valence-corrected chi connectivity index (χ3v) is 8.12. The third kappa shape index (κ3) is 4.71. The van der Waals surface area contributed by atoms with E-state index in [1.54, 1.807) is 0 Å². The van der Waals surface area contributed by atoms with Crippen molar-refractivity contribution in [2.24, 2.45) is 0 Å². The van der Waals surface area contributed by atoms with Gasteiger partial charge in [0.1, 0.15) is 5.52 Å². The van der Waals surface area contributed by atoms with Crippen LogP contribution in [0.5, 0.6) is 0 Å². The van der Waals surface area contributed by atoms with E-state index in [4.69, 9.17) is 9.40 Å². The highest BCUT2D eigenvalue weighted by atomic mass is 16.3. The van der Waals surface area contributed by atoms with Crippen LogP contribution < -0.4 is 4.90 Å². The van der Waals surface area contributed by atoms with E-state index in [0.717, 1.165) is 44.9 Å². The van der Waals surface area contributed by atoms with E-state index in [9.17, 15) is 0 Å². The van der Waals surface area contributed by atoms with Gasteiger partial charge in [0.2, 0.25) is 5.89 Å². The zero-order chi connectivity index (χ0) is 29.3. The van der Waals surface area contributed by atoms with Gasteiger partial charge in [-0.1, -0.05) is 121 Å². The molecule has 3 nitrogen and oxygen atoms in total. The van der Waals surface area contributed by atoms with Crippen molar-refractivity contribution in [2.75, 3.05) is 4.90 Å². The Kier molecular flexibility index (Phi) is 6.47. The standard InChI is InChI=1S/C41H28N2O/c1-3-11-29(12-4-1)30-21-25-34(26-22-30)43(38-19-9-16-31-13-7-8-17-36(31)38)35-27-23-32(24-28-35)37-18-10-20-39-40(37)42-41(44-39)33-14-5-2-6-15-33/h1-28H. The van der Waals surface area contributed by atoms with Crippen molar-refractivity contribution in [2.45, 2.75) is 0 Å². The lowest BCUT2D eigenvalue weighted by Gasteiger charge is -2.27. The summed E-state index contributed by atoms with van der Waals surface area (Å²) >= 11 is 0. The highest BCUT2D eigenvalue weighted by molar-refractivity contribution is 5.99. The SMILES string of the molecule is c1ccc(-c2ccc(N(c3ccc(-c4cccc5oc(-c6ccccc6)nc45)cc3)c3cccc4ccccc34)cc2)cc1. The molecule has 1 heterocycles. The zero-order valence-corrected chi connectivity index (χ0v) is 24.0. The molecular formula is C41H28N2O.